The first kappa shape index (κ1) is 18.1. The average molecular weight is 375 g/mol. The van der Waals surface area contributed by atoms with Gasteiger partial charge < -0.3 is 5.32 Å². The van der Waals surface area contributed by atoms with Gasteiger partial charge in [-0.25, -0.2) is 13.8 Å². The van der Waals surface area contributed by atoms with Gasteiger partial charge in [-0.05, 0) is 29.8 Å². The second kappa shape index (κ2) is 7.65. The molecule has 26 heavy (non-hydrogen) atoms. The minimum Gasteiger partial charge on any atom is -0.350 e. The maximum Gasteiger partial charge on any atom is 0.269 e. The summed E-state index contributed by atoms with van der Waals surface area (Å²) in [4.78, 5) is 20.7. The van der Waals surface area contributed by atoms with Crippen molar-refractivity contribution in [2.75, 3.05) is 18.6 Å². The van der Waals surface area contributed by atoms with Gasteiger partial charge in [-0.2, -0.15) is 0 Å². The third kappa shape index (κ3) is 3.91. The van der Waals surface area contributed by atoms with Crippen LogP contribution >= 0.6 is 0 Å². The zero-order valence-electron chi connectivity index (χ0n) is 13.8. The molecule has 2 heterocycles. The maximum atomic E-state index is 13.6. The van der Waals surface area contributed by atoms with Gasteiger partial charge in [0.05, 0.1) is 5.52 Å². The zero-order valence-corrected chi connectivity index (χ0v) is 14.6. The van der Waals surface area contributed by atoms with E-state index in [2.05, 4.69) is 15.3 Å². The summed E-state index contributed by atoms with van der Waals surface area (Å²) in [5.41, 5.74) is 1.53. The number of nitrogens with one attached hydrogen (secondary N) is 1. The number of amides is 1. The number of aromatic nitrogens is 2. The quantitative estimate of drug-likeness (QED) is 0.744. The molecule has 8 heteroatoms. The van der Waals surface area contributed by atoms with Crippen LogP contribution in [0.1, 0.15) is 10.5 Å². The van der Waals surface area contributed by atoms with E-state index in [-0.39, 0.29) is 12.2 Å². The molecule has 1 amide bonds. The summed E-state index contributed by atoms with van der Waals surface area (Å²) in [5.74, 6) is -1.96. The Kier molecular flexibility index (Phi) is 5.32. The number of carbonyl (C=O) groups excluding carboxylic acids is 1. The number of hydrogen-bond donors (Lipinski definition) is 1. The van der Waals surface area contributed by atoms with Crippen LogP contribution in [0.25, 0.3) is 22.0 Å². The van der Waals surface area contributed by atoms with Crippen LogP contribution in [0.4, 0.5) is 8.78 Å². The summed E-state index contributed by atoms with van der Waals surface area (Å²) in [5, 5.41) is 3.32. The molecular weight excluding hydrogens is 360 g/mol. The highest BCUT2D eigenvalue weighted by Crippen LogP contribution is 2.27. The van der Waals surface area contributed by atoms with Gasteiger partial charge in [0.2, 0.25) is 0 Å². The van der Waals surface area contributed by atoms with E-state index in [1.54, 1.807) is 24.6 Å². The third-order valence-corrected chi connectivity index (χ3v) is 4.52. The molecule has 1 atom stereocenters. The molecule has 0 aliphatic carbocycles. The molecule has 2 aromatic heterocycles. The lowest BCUT2D eigenvalue weighted by atomic mass is 10.0. The molecule has 0 aliphatic heterocycles. The van der Waals surface area contributed by atoms with Crippen molar-refractivity contribution in [1.29, 1.82) is 0 Å². The van der Waals surface area contributed by atoms with E-state index >= 15 is 0 Å². The van der Waals surface area contributed by atoms with Crippen LogP contribution in [0.5, 0.6) is 0 Å². The van der Waals surface area contributed by atoms with Crippen molar-refractivity contribution < 1.29 is 17.8 Å². The molecule has 0 bridgehead atoms. The van der Waals surface area contributed by atoms with Crippen LogP contribution in [0.3, 0.4) is 0 Å². The Hall–Kier alpha value is -2.74. The van der Waals surface area contributed by atoms with Crippen molar-refractivity contribution in [3.8, 4) is 11.1 Å². The highest BCUT2D eigenvalue weighted by atomic mass is 32.2. The first-order chi connectivity index (χ1) is 12.5. The zero-order chi connectivity index (χ0) is 18.7. The second-order valence-corrected chi connectivity index (χ2v) is 7.17. The molecule has 134 valence electrons. The Morgan fingerprint density at radius 2 is 1.96 bits per heavy atom. The Morgan fingerprint density at radius 3 is 2.69 bits per heavy atom. The molecule has 3 rings (SSSR count). The predicted molar refractivity (Wildman–Crippen MR) is 96.2 cm³/mol. The van der Waals surface area contributed by atoms with E-state index in [9.17, 15) is 17.8 Å². The molecule has 0 saturated heterocycles. The minimum absolute atomic E-state index is 0.175. The topological polar surface area (TPSA) is 72.0 Å². The Balaban J connectivity index is 1.99. The fraction of sp³-hybridized carbons (Fsp3) is 0.167. The molecule has 1 unspecified atom stereocenters. The smallest absolute Gasteiger partial charge is 0.269 e. The summed E-state index contributed by atoms with van der Waals surface area (Å²) in [6, 6.07) is 6.77. The Morgan fingerprint density at radius 1 is 1.15 bits per heavy atom. The number of fused-ring (bicyclic) bond motifs is 1. The van der Waals surface area contributed by atoms with Gasteiger partial charge in [0.1, 0.15) is 5.69 Å². The van der Waals surface area contributed by atoms with Gasteiger partial charge in [-0.3, -0.25) is 14.0 Å². The summed E-state index contributed by atoms with van der Waals surface area (Å²) in [6.07, 6.45) is 4.62. The minimum atomic E-state index is -1.00. The standard InChI is InChI=1S/C18H15F2N3O2S/c1-26(25)7-6-22-18(24)16-5-3-12-9-21-10-13(17(12)23-16)11-2-4-14(19)15(20)8-11/h2-5,8-10H,6-7H2,1H3,(H,22,24). The van der Waals surface area contributed by atoms with Gasteiger partial charge in [0.15, 0.2) is 11.6 Å². The molecular formula is C18H15F2N3O2S. The van der Waals surface area contributed by atoms with E-state index in [0.29, 0.717) is 27.8 Å². The maximum absolute atomic E-state index is 13.6. The molecule has 1 N–H and O–H groups in total. The fourth-order valence-corrected chi connectivity index (χ4v) is 2.83. The van der Waals surface area contributed by atoms with Crippen LogP contribution in [-0.2, 0) is 10.8 Å². The highest BCUT2D eigenvalue weighted by Gasteiger charge is 2.13. The molecule has 0 spiro atoms. The summed E-state index contributed by atoms with van der Waals surface area (Å²) < 4.78 is 37.8. The van der Waals surface area contributed by atoms with Crippen molar-refractivity contribution in [3.05, 3.63) is 60.1 Å². The van der Waals surface area contributed by atoms with Crippen molar-refractivity contribution in [3.63, 3.8) is 0 Å². The number of rotatable bonds is 5. The lowest BCUT2D eigenvalue weighted by Gasteiger charge is -2.08. The Bertz CT molecular complexity index is 1010. The number of hydrogen-bond acceptors (Lipinski definition) is 4. The van der Waals surface area contributed by atoms with Crippen LogP contribution in [0.15, 0.2) is 42.7 Å². The molecule has 0 fully saturated rings. The number of halogens is 2. The first-order valence-corrected chi connectivity index (χ1v) is 9.47. The summed E-state index contributed by atoms with van der Waals surface area (Å²) in [6.45, 7) is 0.272. The monoisotopic (exact) mass is 375 g/mol. The Labute approximate surface area is 150 Å². The van der Waals surface area contributed by atoms with E-state index in [4.69, 9.17) is 0 Å². The molecule has 0 radical (unpaired) electrons. The van der Waals surface area contributed by atoms with E-state index in [0.717, 1.165) is 12.1 Å². The largest absolute Gasteiger partial charge is 0.350 e. The molecule has 0 aliphatic rings. The molecule has 3 aromatic rings. The van der Waals surface area contributed by atoms with Crippen molar-refractivity contribution >= 4 is 27.6 Å². The number of benzene rings is 1. The first-order valence-electron chi connectivity index (χ1n) is 7.74. The second-order valence-electron chi connectivity index (χ2n) is 5.62. The summed E-state index contributed by atoms with van der Waals surface area (Å²) >= 11 is 0. The van der Waals surface area contributed by atoms with Gasteiger partial charge in [0, 0.05) is 52.7 Å². The summed E-state index contributed by atoms with van der Waals surface area (Å²) in [7, 11) is -1.00. The SMILES string of the molecule is CS(=O)CCNC(=O)c1ccc2cncc(-c3ccc(F)c(F)c3)c2n1. The fourth-order valence-electron chi connectivity index (χ4n) is 2.44. The van der Waals surface area contributed by atoms with Gasteiger partial charge in [-0.15, -0.1) is 0 Å². The van der Waals surface area contributed by atoms with E-state index < -0.39 is 28.3 Å². The molecule has 0 saturated carbocycles. The highest BCUT2D eigenvalue weighted by molar-refractivity contribution is 7.84. The molecule has 1 aromatic carbocycles. The van der Waals surface area contributed by atoms with Gasteiger partial charge in [-0.1, -0.05) is 6.07 Å². The lowest BCUT2D eigenvalue weighted by Crippen LogP contribution is -2.28. The van der Waals surface area contributed by atoms with Crippen molar-refractivity contribution in [2.24, 2.45) is 0 Å². The van der Waals surface area contributed by atoms with Crippen molar-refractivity contribution in [1.82, 2.24) is 15.3 Å². The average Bonchev–Trinajstić information content (AvgIpc) is 2.62. The normalized spacial score (nSPS) is 12.1. The van der Waals surface area contributed by atoms with Gasteiger partial charge in [0.25, 0.3) is 5.91 Å². The van der Waals surface area contributed by atoms with Crippen LogP contribution in [-0.4, -0.2) is 38.6 Å². The van der Waals surface area contributed by atoms with Crippen LogP contribution in [0, 0.1) is 11.6 Å². The lowest BCUT2D eigenvalue weighted by molar-refractivity contribution is 0.0951. The van der Waals surface area contributed by atoms with Crippen molar-refractivity contribution in [2.45, 2.75) is 0 Å². The van der Waals surface area contributed by atoms with Crippen LogP contribution in [0.2, 0.25) is 0 Å². The number of pyridine rings is 2. The van der Waals surface area contributed by atoms with Crippen LogP contribution < -0.4 is 5.32 Å². The predicted octanol–water partition coefficient (Wildman–Crippen LogP) is 2.68. The van der Waals surface area contributed by atoms with E-state index in [1.807, 2.05) is 0 Å². The molecule has 5 nitrogen and oxygen atoms in total. The van der Waals surface area contributed by atoms with Gasteiger partial charge >= 0.3 is 0 Å². The van der Waals surface area contributed by atoms with E-state index in [1.165, 1.54) is 12.3 Å². The third-order valence-electron chi connectivity index (χ3n) is 3.74. The number of nitrogens with zero attached hydrogens (tertiary/aromatic N) is 2. The number of carbonyl (C=O) groups is 1.